The lowest BCUT2D eigenvalue weighted by atomic mass is 10.0. The van der Waals surface area contributed by atoms with E-state index in [4.69, 9.17) is 21.2 Å². The van der Waals surface area contributed by atoms with Crippen LogP contribution in [0.25, 0.3) is 0 Å². The number of aliphatic hydroxyl groups excluding tert-OH is 1. The van der Waals surface area contributed by atoms with Crippen LogP contribution in [0.15, 0.2) is 72.8 Å². The molecule has 3 aromatic carbocycles. The molecule has 0 spiro atoms. The van der Waals surface area contributed by atoms with Crippen LogP contribution in [-0.4, -0.2) is 35.2 Å². The average molecular weight is 541 g/mol. The van der Waals surface area contributed by atoms with E-state index in [9.17, 15) is 14.7 Å². The van der Waals surface area contributed by atoms with Crippen LogP contribution in [0.1, 0.15) is 44.9 Å². The van der Waals surface area contributed by atoms with Crippen molar-refractivity contribution in [3.05, 3.63) is 88.9 Å². The number of carbonyl (C=O) groups excluding carboxylic acids is 2. The Morgan fingerprint density at radius 2 is 1.61 bits per heavy atom. The maximum Gasteiger partial charge on any atom is 0.352 e. The summed E-state index contributed by atoms with van der Waals surface area (Å²) in [7, 11) is 0. The van der Waals surface area contributed by atoms with E-state index in [2.05, 4.69) is 15.5 Å². The first-order chi connectivity index (χ1) is 18.0. The molecule has 0 saturated heterocycles. The number of esters is 1. The molecule has 0 amide bonds. The number of carbonyl (C=O) groups is 2. The third-order valence-corrected chi connectivity index (χ3v) is 5.53. The second-order valence-electron chi connectivity index (χ2n) is 9.72. The van der Waals surface area contributed by atoms with Gasteiger partial charge in [0.1, 0.15) is 17.7 Å². The van der Waals surface area contributed by atoms with Gasteiger partial charge in [0.15, 0.2) is 5.75 Å². The smallest absolute Gasteiger partial charge is 0.352 e. The van der Waals surface area contributed by atoms with Gasteiger partial charge < -0.3 is 20.5 Å². The highest BCUT2D eigenvalue weighted by atomic mass is 35.5. The molecule has 38 heavy (non-hydrogen) atoms. The predicted octanol–water partition coefficient (Wildman–Crippen LogP) is 5.52. The van der Waals surface area contributed by atoms with Crippen molar-refractivity contribution in [2.75, 3.05) is 11.9 Å². The van der Waals surface area contributed by atoms with Crippen molar-refractivity contribution in [3.63, 3.8) is 0 Å². The zero-order valence-corrected chi connectivity index (χ0v) is 22.6. The first-order valence-corrected chi connectivity index (χ1v) is 12.6. The number of aliphatic hydroxyl groups is 1. The minimum absolute atomic E-state index is 0.416. The fourth-order valence-corrected chi connectivity index (χ4v) is 3.76. The Kier molecular flexibility index (Phi) is 10.1. The molecular formula is C29H33ClN2O6. The van der Waals surface area contributed by atoms with Gasteiger partial charge in [0.05, 0.1) is 0 Å². The highest BCUT2D eigenvalue weighted by molar-refractivity contribution is 6.30. The lowest BCUT2D eigenvalue weighted by Gasteiger charge is -2.27. The number of anilines is 2. The van der Waals surface area contributed by atoms with Crippen LogP contribution in [0, 0.1) is 0 Å². The Bertz CT molecular complexity index is 1210. The summed E-state index contributed by atoms with van der Waals surface area (Å²) in [5.74, 6) is -0.646. The van der Waals surface area contributed by atoms with Gasteiger partial charge in [0.25, 0.3) is 0 Å². The molecule has 0 bridgehead atoms. The number of ether oxygens (including phenoxy) is 1. The lowest BCUT2D eigenvalue weighted by molar-refractivity contribution is -0.210. The van der Waals surface area contributed by atoms with E-state index < -0.39 is 29.7 Å². The molecule has 0 aliphatic heterocycles. The van der Waals surface area contributed by atoms with Crippen molar-refractivity contribution in [2.24, 2.45) is 0 Å². The first-order valence-electron chi connectivity index (χ1n) is 12.2. The molecule has 3 N–H and O–H groups in total. The van der Waals surface area contributed by atoms with Crippen LogP contribution in [-0.2, 0) is 25.6 Å². The largest absolute Gasteiger partial charge is 0.459 e. The molecule has 0 aromatic heterocycles. The van der Waals surface area contributed by atoms with Crippen LogP contribution in [0.5, 0.6) is 5.75 Å². The molecule has 0 fully saturated rings. The maximum absolute atomic E-state index is 12.9. The number of hydrogen-bond donors (Lipinski definition) is 3. The van der Waals surface area contributed by atoms with E-state index in [1.165, 1.54) is 6.92 Å². The molecule has 3 aromatic rings. The van der Waals surface area contributed by atoms with Crippen LogP contribution in [0.4, 0.5) is 11.4 Å². The van der Waals surface area contributed by atoms with Crippen LogP contribution < -0.4 is 15.5 Å². The highest BCUT2D eigenvalue weighted by Crippen LogP contribution is 2.24. The summed E-state index contributed by atoms with van der Waals surface area (Å²) in [5, 5.41) is 17.9. The summed E-state index contributed by atoms with van der Waals surface area (Å²) in [6, 6.07) is 20.7. The van der Waals surface area contributed by atoms with E-state index in [-0.39, 0.29) is 0 Å². The molecule has 0 aliphatic carbocycles. The zero-order valence-electron chi connectivity index (χ0n) is 21.9. The normalized spacial score (nSPS) is 12.8. The molecule has 8 nitrogen and oxygen atoms in total. The molecular weight excluding hydrogens is 508 g/mol. The van der Waals surface area contributed by atoms with Crippen molar-refractivity contribution in [2.45, 2.75) is 51.9 Å². The summed E-state index contributed by atoms with van der Waals surface area (Å²) < 4.78 is 5.55. The molecule has 202 valence electrons. The number of benzene rings is 3. The van der Waals surface area contributed by atoms with Crippen molar-refractivity contribution in [1.82, 2.24) is 5.32 Å². The van der Waals surface area contributed by atoms with Gasteiger partial charge in [-0.3, -0.25) is 14.6 Å². The molecule has 0 saturated carbocycles. The predicted molar refractivity (Wildman–Crippen MR) is 146 cm³/mol. The van der Waals surface area contributed by atoms with E-state index in [1.54, 1.807) is 69.3 Å². The zero-order chi connectivity index (χ0) is 27.7. The Balaban J connectivity index is 1.58. The summed E-state index contributed by atoms with van der Waals surface area (Å²) in [6.07, 6.45) is -0.495. The van der Waals surface area contributed by atoms with Gasteiger partial charge in [0.2, 0.25) is 0 Å². The van der Waals surface area contributed by atoms with Crippen molar-refractivity contribution in [3.8, 4) is 5.75 Å². The number of hydrogen-bond acceptors (Lipinski definition) is 8. The van der Waals surface area contributed by atoms with E-state index in [0.29, 0.717) is 29.3 Å². The van der Waals surface area contributed by atoms with Crippen molar-refractivity contribution in [1.29, 1.82) is 0 Å². The van der Waals surface area contributed by atoms with Crippen molar-refractivity contribution >= 4 is 34.9 Å². The number of rotatable bonds is 11. The molecule has 9 heteroatoms. The number of nitrogens with one attached hydrogen (secondary N) is 2. The summed E-state index contributed by atoms with van der Waals surface area (Å²) in [6.45, 7) is 7.06. The average Bonchev–Trinajstić information content (AvgIpc) is 2.85. The highest BCUT2D eigenvalue weighted by Gasteiger charge is 2.32. The van der Waals surface area contributed by atoms with E-state index in [1.807, 2.05) is 24.3 Å². The fraction of sp³-hybridized carbons (Fsp3) is 0.310. The van der Waals surface area contributed by atoms with E-state index >= 15 is 0 Å². The molecule has 0 radical (unpaired) electrons. The molecule has 0 aliphatic rings. The van der Waals surface area contributed by atoms with Gasteiger partial charge >= 0.3 is 11.9 Å². The summed E-state index contributed by atoms with van der Waals surface area (Å²) in [4.78, 5) is 33.1. The summed E-state index contributed by atoms with van der Waals surface area (Å²) >= 11 is 6.08. The maximum atomic E-state index is 12.9. The van der Waals surface area contributed by atoms with Crippen LogP contribution >= 0.6 is 11.6 Å². The lowest BCUT2D eigenvalue weighted by Crippen LogP contribution is -2.46. The van der Waals surface area contributed by atoms with Gasteiger partial charge in [-0.05, 0) is 86.8 Å². The minimum Gasteiger partial charge on any atom is -0.459 e. The third kappa shape index (κ3) is 9.37. The SMILES string of the molecule is CC(=O)OOc1ccc(Nc2ccc(CCNC(C(=O)OC(C)(C)C)[C@H](O)c3cccc(Cl)c3)cc2)cc1. The monoisotopic (exact) mass is 540 g/mol. The van der Waals surface area contributed by atoms with Gasteiger partial charge in [-0.15, -0.1) is 0 Å². The van der Waals surface area contributed by atoms with Crippen molar-refractivity contribution < 1.29 is 29.2 Å². The standard InChI is InChI=1S/C29H33ClN2O6/c1-19(33)37-38-25-14-12-24(13-15-25)32-23-10-8-20(9-11-23)16-17-31-26(28(35)36-29(2,3)4)27(34)21-6-5-7-22(30)18-21/h5-15,18,26-27,31-32,34H,16-17H2,1-4H3/t26?,27-/m1/s1. The van der Waals surface area contributed by atoms with Crippen LogP contribution in [0.2, 0.25) is 5.02 Å². The van der Waals surface area contributed by atoms with E-state index in [0.717, 1.165) is 16.9 Å². The molecule has 2 atom stereocenters. The summed E-state index contributed by atoms with van der Waals surface area (Å²) in [5.41, 5.74) is 2.61. The second kappa shape index (κ2) is 13.3. The fourth-order valence-electron chi connectivity index (χ4n) is 3.57. The van der Waals surface area contributed by atoms with Crippen LogP contribution in [0.3, 0.4) is 0 Å². The molecule has 1 unspecified atom stereocenters. The van der Waals surface area contributed by atoms with Gasteiger partial charge in [-0.25, -0.2) is 4.79 Å². The Labute approximate surface area is 227 Å². The molecule has 0 heterocycles. The topological polar surface area (TPSA) is 106 Å². The molecule has 3 rings (SSSR count). The number of halogens is 1. The van der Waals surface area contributed by atoms with Gasteiger partial charge in [-0.1, -0.05) is 35.9 Å². The quantitative estimate of drug-likeness (QED) is 0.166. The van der Waals surface area contributed by atoms with Gasteiger partial charge in [-0.2, -0.15) is 0 Å². The minimum atomic E-state index is -1.12. The Hall–Kier alpha value is -3.59. The Morgan fingerprint density at radius 3 is 2.18 bits per heavy atom. The Morgan fingerprint density at radius 1 is 0.974 bits per heavy atom. The first kappa shape index (κ1) is 29.0. The third-order valence-electron chi connectivity index (χ3n) is 5.30. The second-order valence-corrected chi connectivity index (χ2v) is 10.2. The van der Waals surface area contributed by atoms with Gasteiger partial charge in [0, 0.05) is 29.9 Å².